The predicted molar refractivity (Wildman–Crippen MR) is 70.5 cm³/mol. The number of anilines is 1. The van der Waals surface area contributed by atoms with E-state index in [1.165, 1.54) is 18.2 Å². The van der Waals surface area contributed by atoms with Crippen molar-refractivity contribution < 1.29 is 13.6 Å². The number of carbonyl (C=O) groups is 1. The van der Waals surface area contributed by atoms with Gasteiger partial charge >= 0.3 is 0 Å². The monoisotopic (exact) mass is 292 g/mol. The summed E-state index contributed by atoms with van der Waals surface area (Å²) in [6.07, 6.45) is 0. The van der Waals surface area contributed by atoms with Gasteiger partial charge in [-0.15, -0.1) is 0 Å². The Morgan fingerprint density at radius 3 is 2.65 bits per heavy atom. The van der Waals surface area contributed by atoms with E-state index in [2.05, 4.69) is 5.32 Å². The van der Waals surface area contributed by atoms with Gasteiger partial charge in [0.15, 0.2) is 0 Å². The van der Waals surface area contributed by atoms with Crippen LogP contribution in [0.25, 0.3) is 0 Å². The molecule has 0 aliphatic carbocycles. The van der Waals surface area contributed by atoms with Crippen LogP contribution in [0.5, 0.6) is 0 Å². The van der Waals surface area contributed by atoms with E-state index >= 15 is 0 Å². The third kappa shape index (κ3) is 2.92. The van der Waals surface area contributed by atoms with E-state index in [-0.39, 0.29) is 11.3 Å². The summed E-state index contributed by atoms with van der Waals surface area (Å²) in [5.41, 5.74) is -0.151. The zero-order valence-electron chi connectivity index (χ0n) is 9.95. The van der Waals surface area contributed by atoms with Crippen LogP contribution >= 0.6 is 11.6 Å². The molecule has 6 heteroatoms. The number of benzene rings is 2. The first kappa shape index (κ1) is 14.0. The first-order chi connectivity index (χ1) is 9.51. The third-order valence-corrected chi connectivity index (χ3v) is 2.76. The number of hydrogen-bond donors (Lipinski definition) is 1. The lowest BCUT2D eigenvalue weighted by Crippen LogP contribution is -2.15. The van der Waals surface area contributed by atoms with Gasteiger partial charge in [0.25, 0.3) is 5.91 Å². The van der Waals surface area contributed by atoms with Gasteiger partial charge in [0.2, 0.25) is 0 Å². The quantitative estimate of drug-likeness (QED) is 0.916. The molecule has 0 fully saturated rings. The van der Waals surface area contributed by atoms with Gasteiger partial charge in [-0.25, -0.2) is 8.78 Å². The number of nitrogens with one attached hydrogen (secondary N) is 1. The maximum atomic E-state index is 13.5. The molecule has 100 valence electrons. The maximum Gasteiger partial charge on any atom is 0.258 e. The minimum absolute atomic E-state index is 0.133. The predicted octanol–water partition coefficient (Wildman–Crippen LogP) is 3.74. The summed E-state index contributed by atoms with van der Waals surface area (Å²) < 4.78 is 26.5. The molecule has 1 amide bonds. The fourth-order valence-electron chi connectivity index (χ4n) is 1.58. The van der Waals surface area contributed by atoms with Crippen LogP contribution in [-0.4, -0.2) is 5.91 Å². The Kier molecular flexibility index (Phi) is 3.97. The van der Waals surface area contributed by atoms with Gasteiger partial charge in [-0.1, -0.05) is 11.6 Å². The number of rotatable bonds is 2. The van der Waals surface area contributed by atoms with E-state index in [9.17, 15) is 13.6 Å². The van der Waals surface area contributed by atoms with Crippen LogP contribution in [0.4, 0.5) is 14.5 Å². The van der Waals surface area contributed by atoms with Gasteiger partial charge in [-0.2, -0.15) is 5.26 Å². The van der Waals surface area contributed by atoms with E-state index in [1.807, 2.05) is 6.07 Å². The van der Waals surface area contributed by atoms with Crippen molar-refractivity contribution in [1.29, 1.82) is 5.26 Å². The fraction of sp³-hybridized carbons (Fsp3) is 0. The summed E-state index contributed by atoms with van der Waals surface area (Å²) in [6.45, 7) is 0. The fourth-order valence-corrected chi connectivity index (χ4v) is 1.75. The number of nitrogens with zero attached hydrogens (tertiary/aromatic N) is 1. The molecule has 20 heavy (non-hydrogen) atoms. The lowest BCUT2D eigenvalue weighted by atomic mass is 10.1. The highest BCUT2D eigenvalue weighted by molar-refractivity contribution is 6.31. The van der Waals surface area contributed by atoms with Crippen molar-refractivity contribution >= 4 is 23.2 Å². The van der Waals surface area contributed by atoms with E-state index in [4.69, 9.17) is 16.9 Å². The molecular formula is C14H7ClF2N2O. The zero-order chi connectivity index (χ0) is 14.7. The van der Waals surface area contributed by atoms with Crippen molar-refractivity contribution in [2.45, 2.75) is 0 Å². The van der Waals surface area contributed by atoms with Crippen molar-refractivity contribution in [3.8, 4) is 6.07 Å². The van der Waals surface area contributed by atoms with E-state index < -0.39 is 23.1 Å². The maximum absolute atomic E-state index is 13.5. The average Bonchev–Trinajstić information content (AvgIpc) is 2.41. The van der Waals surface area contributed by atoms with Gasteiger partial charge < -0.3 is 5.32 Å². The van der Waals surface area contributed by atoms with Crippen LogP contribution in [0.1, 0.15) is 15.9 Å². The Morgan fingerprint density at radius 2 is 1.95 bits per heavy atom. The Morgan fingerprint density at radius 1 is 1.20 bits per heavy atom. The topological polar surface area (TPSA) is 52.9 Å². The molecule has 1 N–H and O–H groups in total. The number of halogens is 3. The molecule has 0 spiro atoms. The number of nitriles is 1. The van der Waals surface area contributed by atoms with Crippen molar-refractivity contribution in [2.75, 3.05) is 5.32 Å². The van der Waals surface area contributed by atoms with Gasteiger partial charge in [0.05, 0.1) is 16.8 Å². The van der Waals surface area contributed by atoms with Gasteiger partial charge in [-0.3, -0.25) is 4.79 Å². The Balaban J connectivity index is 2.35. The average molecular weight is 293 g/mol. The summed E-state index contributed by atoms with van der Waals surface area (Å²) in [7, 11) is 0. The summed E-state index contributed by atoms with van der Waals surface area (Å²) in [4.78, 5) is 11.9. The van der Waals surface area contributed by atoms with Gasteiger partial charge in [0.1, 0.15) is 17.7 Å². The standard InChI is InChI=1S/C14H7ClF2N2O/c15-9-2-1-8(7-18)13(5-9)19-14(20)11-6-10(16)3-4-12(11)17/h1-6H,(H,19,20). The molecule has 0 radical (unpaired) electrons. The van der Waals surface area contributed by atoms with Crippen LogP contribution in [-0.2, 0) is 0 Å². The molecule has 0 unspecified atom stereocenters. The smallest absolute Gasteiger partial charge is 0.258 e. The molecule has 2 aromatic rings. The molecule has 0 saturated carbocycles. The van der Waals surface area contributed by atoms with Crippen LogP contribution in [0.3, 0.4) is 0 Å². The normalized spacial score (nSPS) is 9.90. The van der Waals surface area contributed by atoms with Gasteiger partial charge in [0, 0.05) is 5.02 Å². The summed E-state index contributed by atoms with van der Waals surface area (Å²) in [6, 6.07) is 8.66. The molecule has 0 aliphatic rings. The third-order valence-electron chi connectivity index (χ3n) is 2.52. The summed E-state index contributed by atoms with van der Waals surface area (Å²) >= 11 is 5.76. The van der Waals surface area contributed by atoms with Crippen LogP contribution in [0, 0.1) is 23.0 Å². The molecule has 0 heterocycles. The van der Waals surface area contributed by atoms with E-state index in [0.29, 0.717) is 5.02 Å². The Labute approximate surface area is 118 Å². The Hall–Kier alpha value is -2.45. The molecule has 0 saturated heterocycles. The minimum Gasteiger partial charge on any atom is -0.321 e. The first-order valence-electron chi connectivity index (χ1n) is 5.47. The van der Waals surface area contributed by atoms with Crippen LogP contribution in [0.15, 0.2) is 36.4 Å². The minimum atomic E-state index is -0.860. The van der Waals surface area contributed by atoms with Crippen molar-refractivity contribution in [3.05, 3.63) is 64.2 Å². The van der Waals surface area contributed by atoms with Crippen molar-refractivity contribution in [1.82, 2.24) is 0 Å². The van der Waals surface area contributed by atoms with Gasteiger partial charge in [-0.05, 0) is 36.4 Å². The van der Waals surface area contributed by atoms with E-state index in [0.717, 1.165) is 18.2 Å². The highest BCUT2D eigenvalue weighted by Crippen LogP contribution is 2.21. The molecule has 0 bridgehead atoms. The molecule has 0 atom stereocenters. The highest BCUT2D eigenvalue weighted by Gasteiger charge is 2.14. The molecule has 0 aliphatic heterocycles. The van der Waals surface area contributed by atoms with Crippen LogP contribution < -0.4 is 5.32 Å². The SMILES string of the molecule is N#Cc1ccc(Cl)cc1NC(=O)c1cc(F)ccc1F. The molecule has 2 rings (SSSR count). The largest absolute Gasteiger partial charge is 0.321 e. The molecule has 0 aromatic heterocycles. The lowest BCUT2D eigenvalue weighted by Gasteiger charge is -2.08. The second-order valence-corrected chi connectivity index (χ2v) is 4.32. The molecular weight excluding hydrogens is 286 g/mol. The van der Waals surface area contributed by atoms with E-state index in [1.54, 1.807) is 0 Å². The lowest BCUT2D eigenvalue weighted by molar-refractivity contribution is 0.102. The molecule has 3 nitrogen and oxygen atoms in total. The highest BCUT2D eigenvalue weighted by atomic mass is 35.5. The number of hydrogen-bond acceptors (Lipinski definition) is 2. The zero-order valence-corrected chi connectivity index (χ0v) is 10.7. The second kappa shape index (κ2) is 5.68. The molecule has 2 aromatic carbocycles. The Bertz CT molecular complexity index is 726. The number of amides is 1. The summed E-state index contributed by atoms with van der Waals surface area (Å²) in [5.74, 6) is -2.45. The van der Waals surface area contributed by atoms with Crippen LogP contribution in [0.2, 0.25) is 5.02 Å². The first-order valence-corrected chi connectivity index (χ1v) is 5.85. The van der Waals surface area contributed by atoms with Crippen molar-refractivity contribution in [2.24, 2.45) is 0 Å². The second-order valence-electron chi connectivity index (χ2n) is 3.88. The summed E-state index contributed by atoms with van der Waals surface area (Å²) in [5, 5.41) is 11.6. The number of carbonyl (C=O) groups excluding carboxylic acids is 1. The van der Waals surface area contributed by atoms with Crippen molar-refractivity contribution in [3.63, 3.8) is 0 Å².